The normalized spacial score (nSPS) is 11.4. The molecule has 8 nitrogen and oxygen atoms in total. The van der Waals surface area contributed by atoms with Crippen LogP contribution in [0.3, 0.4) is 0 Å². The van der Waals surface area contributed by atoms with Crippen molar-refractivity contribution in [1.29, 1.82) is 0 Å². The van der Waals surface area contributed by atoms with Crippen LogP contribution in [0, 0.1) is 6.92 Å². The Morgan fingerprint density at radius 3 is 2.35 bits per heavy atom. The highest BCUT2D eigenvalue weighted by molar-refractivity contribution is 9.10. The maximum Gasteiger partial charge on any atom is 0.271 e. The molecule has 0 bridgehead atoms. The summed E-state index contributed by atoms with van der Waals surface area (Å²) in [6.07, 6.45) is 1.48. The molecule has 48 heavy (non-hydrogen) atoms. The van der Waals surface area contributed by atoms with Crippen LogP contribution in [-0.4, -0.2) is 27.6 Å². The summed E-state index contributed by atoms with van der Waals surface area (Å²) in [6, 6.07) is 30.9. The van der Waals surface area contributed by atoms with Crippen molar-refractivity contribution in [2.24, 2.45) is 5.10 Å². The van der Waals surface area contributed by atoms with Gasteiger partial charge in [0.25, 0.3) is 15.9 Å². The number of methoxy groups -OCH3 is 1. The predicted molar refractivity (Wildman–Crippen MR) is 194 cm³/mol. The third-order valence-corrected chi connectivity index (χ3v) is 10.2. The number of ether oxygens (including phenoxy) is 2. The summed E-state index contributed by atoms with van der Waals surface area (Å²) in [5.74, 6) is 0.526. The van der Waals surface area contributed by atoms with Crippen LogP contribution in [0.2, 0.25) is 10.0 Å². The Labute approximate surface area is 298 Å². The van der Waals surface area contributed by atoms with Crippen LogP contribution in [0.1, 0.15) is 32.6 Å². The Kier molecular flexibility index (Phi) is 11.4. The number of amides is 1. The van der Waals surface area contributed by atoms with Gasteiger partial charge < -0.3 is 9.47 Å². The smallest absolute Gasteiger partial charge is 0.271 e. The molecule has 0 saturated carbocycles. The summed E-state index contributed by atoms with van der Waals surface area (Å²) in [7, 11) is -2.40. The van der Waals surface area contributed by atoms with Crippen molar-refractivity contribution < 1.29 is 22.7 Å². The van der Waals surface area contributed by atoms with Gasteiger partial charge in [0.1, 0.15) is 6.61 Å². The number of nitrogens with zero attached hydrogens (tertiary/aromatic N) is 2. The summed E-state index contributed by atoms with van der Waals surface area (Å²) >= 11 is 16.0. The number of carbonyl (C=O) groups is 1. The van der Waals surface area contributed by atoms with E-state index in [1.807, 2.05) is 25.1 Å². The van der Waals surface area contributed by atoms with E-state index in [1.54, 1.807) is 91.0 Å². The number of nitrogens with one attached hydrogen (secondary N) is 1. The Bertz CT molecular complexity index is 2060. The van der Waals surface area contributed by atoms with Crippen molar-refractivity contribution in [2.75, 3.05) is 11.4 Å². The fraction of sp³-hybridized carbons (Fsp3) is 0.111. The highest BCUT2D eigenvalue weighted by atomic mass is 79.9. The number of hydrogen-bond acceptors (Lipinski definition) is 6. The third kappa shape index (κ3) is 8.38. The average Bonchev–Trinajstić information content (AvgIpc) is 3.09. The third-order valence-electron chi connectivity index (χ3n) is 7.27. The number of hydrazone groups is 1. The largest absolute Gasteiger partial charge is 0.493 e. The number of carbonyl (C=O) groups excluding carboxylic acids is 1. The van der Waals surface area contributed by atoms with Crippen LogP contribution in [-0.2, 0) is 23.2 Å². The van der Waals surface area contributed by atoms with Gasteiger partial charge in [-0.05, 0) is 94.1 Å². The molecule has 0 radical (unpaired) electrons. The molecule has 0 saturated heterocycles. The van der Waals surface area contributed by atoms with Crippen LogP contribution >= 0.6 is 39.1 Å². The van der Waals surface area contributed by atoms with Crippen LogP contribution < -0.4 is 19.2 Å². The molecule has 0 atom stereocenters. The second kappa shape index (κ2) is 15.7. The quantitative estimate of drug-likeness (QED) is 0.101. The van der Waals surface area contributed by atoms with Crippen molar-refractivity contribution in [2.45, 2.75) is 25.0 Å². The van der Waals surface area contributed by atoms with Gasteiger partial charge in [-0.15, -0.1) is 0 Å². The molecular formula is C36H30BrCl2N3O5S. The summed E-state index contributed by atoms with van der Waals surface area (Å²) in [5.41, 5.74) is 6.23. The first-order chi connectivity index (χ1) is 23.1. The lowest BCUT2D eigenvalue weighted by Crippen LogP contribution is -2.31. The Morgan fingerprint density at radius 1 is 0.938 bits per heavy atom. The molecule has 0 fully saturated rings. The Hall–Kier alpha value is -4.35. The average molecular weight is 768 g/mol. The van der Waals surface area contributed by atoms with E-state index >= 15 is 0 Å². The van der Waals surface area contributed by atoms with Crippen LogP contribution in [0.4, 0.5) is 5.69 Å². The highest BCUT2D eigenvalue weighted by Crippen LogP contribution is 2.37. The predicted octanol–water partition coefficient (Wildman–Crippen LogP) is 8.81. The van der Waals surface area contributed by atoms with Crippen molar-refractivity contribution >= 4 is 67.0 Å². The molecule has 0 aromatic heterocycles. The Morgan fingerprint density at radius 2 is 1.65 bits per heavy atom. The Balaban J connectivity index is 1.28. The van der Waals surface area contributed by atoms with Crippen LogP contribution in [0.15, 0.2) is 124 Å². The second-order valence-corrected chi connectivity index (χ2v) is 14.1. The van der Waals surface area contributed by atoms with Gasteiger partial charge in [0, 0.05) is 21.2 Å². The van der Waals surface area contributed by atoms with Gasteiger partial charge in [0.2, 0.25) is 0 Å². The number of aryl methyl sites for hydroxylation is 1. The van der Waals surface area contributed by atoms with Crippen LogP contribution in [0.25, 0.3) is 0 Å². The molecular weight excluding hydrogens is 737 g/mol. The number of sulfonamides is 1. The number of anilines is 1. The highest BCUT2D eigenvalue weighted by Gasteiger charge is 2.26. The fourth-order valence-electron chi connectivity index (χ4n) is 4.75. The monoisotopic (exact) mass is 765 g/mol. The molecule has 246 valence electrons. The molecule has 0 aliphatic heterocycles. The first-order valence-electron chi connectivity index (χ1n) is 14.6. The minimum Gasteiger partial charge on any atom is -0.493 e. The molecule has 5 aromatic carbocycles. The summed E-state index contributed by atoms with van der Waals surface area (Å²) in [4.78, 5) is 13.1. The van der Waals surface area contributed by atoms with E-state index in [2.05, 4.69) is 26.5 Å². The lowest BCUT2D eigenvalue weighted by atomic mass is 10.1. The van der Waals surface area contributed by atoms with Gasteiger partial charge in [-0.1, -0.05) is 77.8 Å². The van der Waals surface area contributed by atoms with Crippen LogP contribution in [0.5, 0.6) is 11.5 Å². The van der Waals surface area contributed by atoms with Gasteiger partial charge in [-0.3, -0.25) is 9.10 Å². The molecule has 0 heterocycles. The number of halogens is 3. The van der Waals surface area contributed by atoms with Gasteiger partial charge in [-0.2, -0.15) is 5.10 Å². The lowest BCUT2D eigenvalue weighted by molar-refractivity contribution is 0.0955. The zero-order valence-corrected chi connectivity index (χ0v) is 29.8. The van der Waals surface area contributed by atoms with E-state index in [1.165, 1.54) is 17.6 Å². The molecule has 1 N–H and O–H groups in total. The lowest BCUT2D eigenvalue weighted by Gasteiger charge is -2.26. The van der Waals surface area contributed by atoms with Crippen molar-refractivity contribution in [3.8, 4) is 11.5 Å². The second-order valence-electron chi connectivity index (χ2n) is 10.6. The number of benzene rings is 5. The summed E-state index contributed by atoms with van der Waals surface area (Å²) < 4.78 is 41.0. The van der Waals surface area contributed by atoms with E-state index in [4.69, 9.17) is 32.7 Å². The van der Waals surface area contributed by atoms with Gasteiger partial charge in [0.05, 0.1) is 34.9 Å². The topological polar surface area (TPSA) is 97.3 Å². The first kappa shape index (κ1) is 35.0. The maximum atomic E-state index is 13.8. The molecule has 1 amide bonds. The minimum atomic E-state index is -3.93. The maximum absolute atomic E-state index is 13.8. The molecule has 0 unspecified atom stereocenters. The molecule has 0 aliphatic rings. The molecule has 0 aliphatic carbocycles. The number of rotatable bonds is 12. The van der Waals surface area contributed by atoms with E-state index in [0.29, 0.717) is 48.4 Å². The molecule has 12 heteroatoms. The molecule has 5 rings (SSSR count). The summed E-state index contributed by atoms with van der Waals surface area (Å²) in [5, 5.41) is 5.12. The zero-order chi connectivity index (χ0) is 34.3. The van der Waals surface area contributed by atoms with Gasteiger partial charge in [-0.25, -0.2) is 13.8 Å². The summed E-state index contributed by atoms with van der Waals surface area (Å²) in [6.45, 7) is 2.09. The molecule has 0 spiro atoms. The zero-order valence-electron chi connectivity index (χ0n) is 25.9. The first-order valence-corrected chi connectivity index (χ1v) is 17.6. The minimum absolute atomic E-state index is 0.0211. The van der Waals surface area contributed by atoms with Crippen molar-refractivity contribution in [3.05, 3.63) is 152 Å². The van der Waals surface area contributed by atoms with E-state index < -0.39 is 15.9 Å². The SMILES string of the molecule is COc1cc(/C=N\NC(=O)c2ccc(CN(c3cc(Cl)ccc3C)S(=O)(=O)c3ccccc3)cc2)cc(Br)c1OCc1ccccc1Cl. The van der Waals surface area contributed by atoms with E-state index in [9.17, 15) is 13.2 Å². The van der Waals surface area contributed by atoms with Gasteiger partial charge >= 0.3 is 0 Å². The number of hydrogen-bond donors (Lipinski definition) is 1. The van der Waals surface area contributed by atoms with E-state index in [0.717, 1.165) is 11.1 Å². The fourth-order valence-corrected chi connectivity index (χ4v) is 7.21. The van der Waals surface area contributed by atoms with Gasteiger partial charge in [0.15, 0.2) is 11.5 Å². The van der Waals surface area contributed by atoms with E-state index in [-0.39, 0.29) is 18.0 Å². The standard InChI is InChI=1S/C36H30BrCl2N3O5S/c1-24-12-17-29(38)20-33(24)42(48(44,45)30-9-4-3-5-10-30)22-25-13-15-27(16-14-25)36(43)41-40-21-26-18-31(37)35(34(19-26)46-2)47-23-28-8-6-7-11-32(28)39/h3-21H,22-23H2,1-2H3,(H,41,43)/b40-21-. The molecule has 5 aromatic rings. The van der Waals surface area contributed by atoms with Crippen molar-refractivity contribution in [1.82, 2.24) is 5.43 Å². The van der Waals surface area contributed by atoms with Crippen molar-refractivity contribution in [3.63, 3.8) is 0 Å².